The highest BCUT2D eigenvalue weighted by Gasteiger charge is 2.12. The van der Waals surface area contributed by atoms with Crippen LogP contribution in [0.4, 0.5) is 11.5 Å². The summed E-state index contributed by atoms with van der Waals surface area (Å²) in [6, 6.07) is 3.50. The van der Waals surface area contributed by atoms with Crippen LogP contribution in [0.15, 0.2) is 12.3 Å². The molecule has 0 bridgehead atoms. The monoisotopic (exact) mass is 222 g/mol. The largest absolute Gasteiger partial charge is 0.397 e. The lowest BCUT2D eigenvalue weighted by Crippen LogP contribution is -2.31. The first-order valence-corrected chi connectivity index (χ1v) is 4.85. The molecule has 6 nitrogen and oxygen atoms in total. The van der Waals surface area contributed by atoms with E-state index in [1.165, 1.54) is 12.3 Å². The average molecular weight is 222 g/mol. The lowest BCUT2D eigenvalue weighted by atomic mass is 10.2. The smallest absolute Gasteiger partial charge is 0.146 e. The minimum Gasteiger partial charge on any atom is -0.397 e. The fraction of sp³-hybridized carbons (Fsp3) is 0.400. The molecule has 0 amide bonds. The number of pyridine rings is 1. The van der Waals surface area contributed by atoms with Crippen molar-refractivity contribution in [1.82, 2.24) is 4.98 Å². The third-order valence-corrected chi connectivity index (χ3v) is 2.05. The van der Waals surface area contributed by atoms with Crippen molar-refractivity contribution < 1.29 is 10.2 Å². The second-order valence-corrected chi connectivity index (χ2v) is 3.19. The van der Waals surface area contributed by atoms with Crippen molar-refractivity contribution in [1.29, 1.82) is 5.26 Å². The third kappa shape index (κ3) is 2.82. The zero-order valence-corrected chi connectivity index (χ0v) is 8.80. The van der Waals surface area contributed by atoms with Crippen LogP contribution < -0.4 is 10.6 Å². The normalized spacial score (nSPS) is 9.81. The Kier molecular flexibility index (Phi) is 4.51. The van der Waals surface area contributed by atoms with Gasteiger partial charge in [0.1, 0.15) is 11.9 Å². The summed E-state index contributed by atoms with van der Waals surface area (Å²) >= 11 is 0. The molecule has 1 heterocycles. The number of aliphatic hydroxyl groups excluding tert-OH is 2. The van der Waals surface area contributed by atoms with E-state index in [9.17, 15) is 0 Å². The number of aromatic nitrogens is 1. The van der Waals surface area contributed by atoms with Crippen LogP contribution in [0.5, 0.6) is 0 Å². The van der Waals surface area contributed by atoms with Crippen LogP contribution in [0, 0.1) is 11.3 Å². The van der Waals surface area contributed by atoms with E-state index in [-0.39, 0.29) is 13.2 Å². The van der Waals surface area contributed by atoms with Crippen molar-refractivity contribution in [2.75, 3.05) is 36.9 Å². The minimum absolute atomic E-state index is 0.0725. The fourth-order valence-corrected chi connectivity index (χ4v) is 1.37. The van der Waals surface area contributed by atoms with Gasteiger partial charge >= 0.3 is 0 Å². The number of nitrogen functional groups attached to an aromatic ring is 1. The predicted molar refractivity (Wildman–Crippen MR) is 59.7 cm³/mol. The van der Waals surface area contributed by atoms with E-state index in [0.29, 0.717) is 30.2 Å². The van der Waals surface area contributed by atoms with E-state index in [2.05, 4.69) is 4.98 Å². The van der Waals surface area contributed by atoms with Gasteiger partial charge in [0, 0.05) is 13.1 Å². The van der Waals surface area contributed by atoms with Crippen LogP contribution in [0.2, 0.25) is 0 Å². The number of hydrogen-bond donors (Lipinski definition) is 3. The van der Waals surface area contributed by atoms with E-state index < -0.39 is 0 Å². The van der Waals surface area contributed by atoms with E-state index in [0.717, 1.165) is 0 Å². The van der Waals surface area contributed by atoms with Gasteiger partial charge in [-0.3, -0.25) is 0 Å². The van der Waals surface area contributed by atoms with E-state index in [4.69, 9.17) is 21.2 Å². The van der Waals surface area contributed by atoms with Crippen LogP contribution in [-0.4, -0.2) is 41.5 Å². The molecule has 6 heteroatoms. The second kappa shape index (κ2) is 5.90. The van der Waals surface area contributed by atoms with Crippen molar-refractivity contribution in [3.8, 4) is 6.07 Å². The molecule has 0 unspecified atom stereocenters. The lowest BCUT2D eigenvalue weighted by Gasteiger charge is -2.22. The average Bonchev–Trinajstić information content (AvgIpc) is 2.28. The van der Waals surface area contributed by atoms with Gasteiger partial charge in [0.2, 0.25) is 0 Å². The van der Waals surface area contributed by atoms with E-state index in [1.807, 2.05) is 6.07 Å². The minimum atomic E-state index is -0.0725. The van der Waals surface area contributed by atoms with Crippen molar-refractivity contribution in [2.45, 2.75) is 0 Å². The molecule has 16 heavy (non-hydrogen) atoms. The van der Waals surface area contributed by atoms with Gasteiger partial charge in [-0.15, -0.1) is 0 Å². The molecule has 0 aromatic carbocycles. The molecule has 0 saturated carbocycles. The molecular weight excluding hydrogens is 208 g/mol. The van der Waals surface area contributed by atoms with Gasteiger partial charge in [-0.25, -0.2) is 4.98 Å². The van der Waals surface area contributed by atoms with Crippen molar-refractivity contribution in [3.63, 3.8) is 0 Å². The van der Waals surface area contributed by atoms with Crippen molar-refractivity contribution >= 4 is 11.5 Å². The topological polar surface area (TPSA) is 106 Å². The number of nitrogens with zero attached hydrogens (tertiary/aromatic N) is 3. The Labute approximate surface area is 93.6 Å². The number of anilines is 2. The van der Waals surface area contributed by atoms with Gasteiger partial charge in [-0.1, -0.05) is 0 Å². The number of nitrogens with two attached hydrogens (primary N) is 1. The van der Waals surface area contributed by atoms with Crippen molar-refractivity contribution in [2.24, 2.45) is 0 Å². The van der Waals surface area contributed by atoms with Crippen LogP contribution in [0.1, 0.15) is 5.56 Å². The van der Waals surface area contributed by atoms with Crippen LogP contribution in [0.25, 0.3) is 0 Å². The number of aliphatic hydroxyl groups is 2. The summed E-state index contributed by atoms with van der Waals surface area (Å²) in [7, 11) is 0. The Morgan fingerprint density at radius 2 is 2.00 bits per heavy atom. The number of nitriles is 1. The summed E-state index contributed by atoms with van der Waals surface area (Å²) < 4.78 is 0. The van der Waals surface area contributed by atoms with Gasteiger partial charge in [0.05, 0.1) is 30.7 Å². The first-order chi connectivity index (χ1) is 7.72. The SMILES string of the molecule is N#Cc1cc(N)cnc1N(CCO)CCO. The second-order valence-electron chi connectivity index (χ2n) is 3.19. The Bertz CT molecular complexity index is 383. The quantitative estimate of drug-likeness (QED) is 0.609. The molecule has 86 valence electrons. The van der Waals surface area contributed by atoms with Gasteiger partial charge in [0.15, 0.2) is 0 Å². The summed E-state index contributed by atoms with van der Waals surface area (Å²) in [5.74, 6) is 0.430. The molecule has 1 aromatic rings. The van der Waals surface area contributed by atoms with E-state index in [1.54, 1.807) is 4.90 Å². The molecule has 0 atom stereocenters. The maximum Gasteiger partial charge on any atom is 0.146 e. The fourth-order valence-electron chi connectivity index (χ4n) is 1.37. The molecule has 4 N–H and O–H groups in total. The Morgan fingerprint density at radius 1 is 1.38 bits per heavy atom. The van der Waals surface area contributed by atoms with Crippen LogP contribution in [-0.2, 0) is 0 Å². The Balaban J connectivity index is 3.03. The Hall–Kier alpha value is -1.84. The van der Waals surface area contributed by atoms with Crippen LogP contribution in [0.3, 0.4) is 0 Å². The molecule has 0 aliphatic heterocycles. The maximum absolute atomic E-state index is 8.93. The molecule has 1 rings (SSSR count). The highest BCUT2D eigenvalue weighted by molar-refractivity contribution is 5.58. The first-order valence-electron chi connectivity index (χ1n) is 4.85. The third-order valence-electron chi connectivity index (χ3n) is 2.05. The van der Waals surface area contributed by atoms with Crippen molar-refractivity contribution in [3.05, 3.63) is 17.8 Å². The zero-order valence-electron chi connectivity index (χ0n) is 8.80. The number of rotatable bonds is 5. The highest BCUT2D eigenvalue weighted by atomic mass is 16.3. The zero-order chi connectivity index (χ0) is 12.0. The lowest BCUT2D eigenvalue weighted by molar-refractivity contribution is 0.280. The Morgan fingerprint density at radius 3 is 2.50 bits per heavy atom. The van der Waals surface area contributed by atoms with Gasteiger partial charge < -0.3 is 20.8 Å². The first kappa shape index (κ1) is 12.2. The van der Waals surface area contributed by atoms with Gasteiger partial charge in [-0.2, -0.15) is 5.26 Å². The van der Waals surface area contributed by atoms with Gasteiger partial charge in [-0.05, 0) is 6.07 Å². The molecule has 0 aliphatic rings. The molecule has 0 fully saturated rings. The molecule has 0 spiro atoms. The summed E-state index contributed by atoms with van der Waals surface area (Å²) in [5, 5.41) is 26.7. The summed E-state index contributed by atoms with van der Waals surface area (Å²) in [6.45, 7) is 0.478. The van der Waals surface area contributed by atoms with Gasteiger partial charge in [0.25, 0.3) is 0 Å². The predicted octanol–water partition coefficient (Wildman–Crippen LogP) is -0.674. The van der Waals surface area contributed by atoms with E-state index >= 15 is 0 Å². The molecule has 1 aromatic heterocycles. The highest BCUT2D eigenvalue weighted by Crippen LogP contribution is 2.18. The van der Waals surface area contributed by atoms with Crippen LogP contribution >= 0.6 is 0 Å². The molecular formula is C10H14N4O2. The maximum atomic E-state index is 8.93. The summed E-state index contributed by atoms with van der Waals surface area (Å²) in [5.41, 5.74) is 6.27. The standard InChI is InChI=1S/C10H14N4O2/c11-6-8-5-9(12)7-13-10(8)14(1-3-15)2-4-16/h5,7,15-16H,1-4,12H2. The summed E-state index contributed by atoms with van der Waals surface area (Å²) in [4.78, 5) is 5.68. The molecule has 0 saturated heterocycles. The molecule has 0 aliphatic carbocycles. The summed E-state index contributed by atoms with van der Waals surface area (Å²) in [6.07, 6.45) is 1.44. The number of hydrogen-bond acceptors (Lipinski definition) is 6. The molecule has 0 radical (unpaired) electrons.